The molecule has 0 aromatic heterocycles. The number of hydrogen-bond donors (Lipinski definition) is 0. The minimum absolute atomic E-state index is 0.0878. The lowest BCUT2D eigenvalue weighted by molar-refractivity contribution is -0.134. The van der Waals surface area contributed by atoms with Crippen LogP contribution in [0.2, 0.25) is 0 Å². The highest BCUT2D eigenvalue weighted by atomic mass is 16.5. The van der Waals surface area contributed by atoms with Gasteiger partial charge >= 0.3 is 0 Å². The Kier molecular flexibility index (Phi) is 6.02. The van der Waals surface area contributed by atoms with E-state index in [0.717, 1.165) is 65.6 Å². The van der Waals surface area contributed by atoms with Gasteiger partial charge in [0.15, 0.2) is 0 Å². The Hall–Kier alpha value is -0.650. The van der Waals surface area contributed by atoms with Crippen LogP contribution in [0.15, 0.2) is 0 Å². The fourth-order valence-corrected chi connectivity index (χ4v) is 2.89. The Bertz CT molecular complexity index is 327. The van der Waals surface area contributed by atoms with Crippen molar-refractivity contribution in [2.24, 2.45) is 5.41 Å². The summed E-state index contributed by atoms with van der Waals surface area (Å²) in [6, 6.07) is 0. The van der Waals surface area contributed by atoms with Crippen LogP contribution in [-0.4, -0.2) is 86.2 Å². The van der Waals surface area contributed by atoms with Gasteiger partial charge in [0.25, 0.3) is 0 Å². The fraction of sp³-hybridized carbons (Fsp3) is 0.938. The van der Waals surface area contributed by atoms with Gasteiger partial charge in [-0.15, -0.1) is 0 Å². The summed E-state index contributed by atoms with van der Waals surface area (Å²) in [6.45, 7) is 16.3. The van der Waals surface area contributed by atoms with Gasteiger partial charge in [0.1, 0.15) is 0 Å². The summed E-state index contributed by atoms with van der Waals surface area (Å²) in [4.78, 5) is 19.2. The number of hydrogen-bond acceptors (Lipinski definition) is 4. The second kappa shape index (κ2) is 7.56. The molecule has 0 aromatic carbocycles. The maximum atomic E-state index is 12.2. The first kappa shape index (κ1) is 16.7. The summed E-state index contributed by atoms with van der Waals surface area (Å²) in [6.07, 6.45) is 0.654. The molecule has 0 radical (unpaired) electrons. The summed E-state index contributed by atoms with van der Waals surface area (Å²) in [7, 11) is 0. The standard InChI is InChI=1S/C16H31N3O2/c1-16(2,3)14-15(20)19-8-6-17(7-9-19)4-5-18-10-12-21-13-11-18/h4-14H2,1-3H3. The van der Waals surface area contributed by atoms with E-state index < -0.39 is 0 Å². The predicted molar refractivity (Wildman–Crippen MR) is 84.4 cm³/mol. The van der Waals surface area contributed by atoms with Crippen LogP contribution in [0.3, 0.4) is 0 Å². The van der Waals surface area contributed by atoms with Crippen molar-refractivity contribution in [1.29, 1.82) is 0 Å². The average Bonchev–Trinajstić information content (AvgIpc) is 2.45. The molecule has 122 valence electrons. The van der Waals surface area contributed by atoms with E-state index in [9.17, 15) is 4.79 Å². The zero-order valence-electron chi connectivity index (χ0n) is 13.9. The van der Waals surface area contributed by atoms with E-state index in [4.69, 9.17) is 4.74 Å². The van der Waals surface area contributed by atoms with Crippen molar-refractivity contribution in [3.05, 3.63) is 0 Å². The van der Waals surface area contributed by atoms with Crippen molar-refractivity contribution in [3.8, 4) is 0 Å². The van der Waals surface area contributed by atoms with Gasteiger partial charge in [-0.05, 0) is 5.41 Å². The molecule has 0 N–H and O–H groups in total. The van der Waals surface area contributed by atoms with Gasteiger partial charge in [0, 0.05) is 58.8 Å². The molecule has 2 aliphatic rings. The van der Waals surface area contributed by atoms with E-state index in [1.165, 1.54) is 0 Å². The van der Waals surface area contributed by atoms with Gasteiger partial charge in [-0.1, -0.05) is 20.8 Å². The maximum Gasteiger partial charge on any atom is 0.223 e. The highest BCUT2D eigenvalue weighted by molar-refractivity contribution is 5.76. The largest absolute Gasteiger partial charge is 0.379 e. The normalized spacial score (nSPS) is 22.5. The van der Waals surface area contributed by atoms with Crippen LogP contribution in [0.5, 0.6) is 0 Å². The minimum Gasteiger partial charge on any atom is -0.379 e. The van der Waals surface area contributed by atoms with Gasteiger partial charge < -0.3 is 9.64 Å². The molecule has 2 heterocycles. The van der Waals surface area contributed by atoms with Crippen LogP contribution in [0.25, 0.3) is 0 Å². The SMILES string of the molecule is CC(C)(C)CC(=O)N1CCN(CCN2CCOCC2)CC1. The molecule has 0 aliphatic carbocycles. The lowest BCUT2D eigenvalue weighted by Gasteiger charge is -2.37. The molecule has 0 spiro atoms. The number of rotatable bonds is 4. The zero-order valence-corrected chi connectivity index (χ0v) is 13.9. The van der Waals surface area contributed by atoms with E-state index in [-0.39, 0.29) is 5.41 Å². The van der Waals surface area contributed by atoms with Crippen LogP contribution < -0.4 is 0 Å². The molecule has 2 saturated heterocycles. The Labute approximate surface area is 129 Å². The zero-order chi connectivity index (χ0) is 15.3. The summed E-state index contributed by atoms with van der Waals surface area (Å²) >= 11 is 0. The highest BCUT2D eigenvalue weighted by Gasteiger charge is 2.25. The van der Waals surface area contributed by atoms with Crippen LogP contribution in [0.1, 0.15) is 27.2 Å². The fourth-order valence-electron chi connectivity index (χ4n) is 2.89. The smallest absolute Gasteiger partial charge is 0.223 e. The first-order valence-corrected chi connectivity index (χ1v) is 8.24. The molecule has 2 aliphatic heterocycles. The predicted octanol–water partition coefficient (Wildman–Crippen LogP) is 0.899. The summed E-state index contributed by atoms with van der Waals surface area (Å²) in [5.41, 5.74) is 0.0878. The van der Waals surface area contributed by atoms with Crippen LogP contribution in [0.4, 0.5) is 0 Å². The molecule has 0 saturated carbocycles. The number of nitrogens with zero attached hydrogens (tertiary/aromatic N) is 3. The lowest BCUT2D eigenvalue weighted by atomic mass is 9.91. The van der Waals surface area contributed by atoms with Crippen molar-refractivity contribution in [3.63, 3.8) is 0 Å². The van der Waals surface area contributed by atoms with E-state index in [0.29, 0.717) is 12.3 Å². The van der Waals surface area contributed by atoms with Crippen molar-refractivity contribution in [2.75, 3.05) is 65.6 Å². The van der Waals surface area contributed by atoms with Crippen molar-refractivity contribution >= 4 is 5.91 Å². The van der Waals surface area contributed by atoms with E-state index >= 15 is 0 Å². The molecule has 5 nitrogen and oxygen atoms in total. The number of piperazine rings is 1. The summed E-state index contributed by atoms with van der Waals surface area (Å²) in [5.74, 6) is 0.315. The Morgan fingerprint density at radius 3 is 1.95 bits per heavy atom. The molecule has 0 unspecified atom stereocenters. The lowest BCUT2D eigenvalue weighted by Crippen LogP contribution is -2.51. The van der Waals surface area contributed by atoms with Gasteiger partial charge in [-0.3, -0.25) is 14.6 Å². The molecule has 5 heteroatoms. The Morgan fingerprint density at radius 2 is 1.43 bits per heavy atom. The molecule has 1 amide bonds. The Morgan fingerprint density at radius 1 is 0.905 bits per heavy atom. The molecular formula is C16H31N3O2. The highest BCUT2D eigenvalue weighted by Crippen LogP contribution is 2.20. The monoisotopic (exact) mass is 297 g/mol. The number of carbonyl (C=O) groups is 1. The number of carbonyl (C=O) groups excluding carboxylic acids is 1. The molecule has 0 bridgehead atoms. The second-order valence-corrected chi connectivity index (χ2v) is 7.41. The molecule has 0 atom stereocenters. The molecule has 2 rings (SSSR count). The number of amides is 1. The van der Waals surface area contributed by atoms with Gasteiger partial charge in [0.2, 0.25) is 5.91 Å². The third-order valence-electron chi connectivity index (χ3n) is 4.24. The quantitative estimate of drug-likeness (QED) is 0.772. The maximum absolute atomic E-state index is 12.2. The first-order chi connectivity index (χ1) is 9.94. The molecule has 0 aromatic rings. The average molecular weight is 297 g/mol. The number of ether oxygens (including phenoxy) is 1. The van der Waals surface area contributed by atoms with Crippen molar-refractivity contribution < 1.29 is 9.53 Å². The molecular weight excluding hydrogens is 266 g/mol. The topological polar surface area (TPSA) is 36.0 Å². The van der Waals surface area contributed by atoms with E-state index in [1.807, 2.05) is 4.90 Å². The minimum atomic E-state index is 0.0878. The van der Waals surface area contributed by atoms with E-state index in [1.54, 1.807) is 0 Å². The van der Waals surface area contributed by atoms with E-state index in [2.05, 4.69) is 30.6 Å². The summed E-state index contributed by atoms with van der Waals surface area (Å²) in [5, 5.41) is 0. The molecule has 2 fully saturated rings. The first-order valence-electron chi connectivity index (χ1n) is 8.24. The van der Waals surface area contributed by atoms with Gasteiger partial charge in [-0.2, -0.15) is 0 Å². The van der Waals surface area contributed by atoms with Crippen LogP contribution in [0, 0.1) is 5.41 Å². The third kappa shape index (κ3) is 5.93. The second-order valence-electron chi connectivity index (χ2n) is 7.41. The van der Waals surface area contributed by atoms with Crippen molar-refractivity contribution in [2.45, 2.75) is 27.2 Å². The Balaban J connectivity index is 1.64. The van der Waals surface area contributed by atoms with Crippen LogP contribution >= 0.6 is 0 Å². The third-order valence-corrected chi connectivity index (χ3v) is 4.24. The summed E-state index contributed by atoms with van der Waals surface area (Å²) < 4.78 is 5.37. The van der Waals surface area contributed by atoms with Gasteiger partial charge in [-0.25, -0.2) is 0 Å². The number of morpholine rings is 1. The van der Waals surface area contributed by atoms with Crippen molar-refractivity contribution in [1.82, 2.24) is 14.7 Å². The van der Waals surface area contributed by atoms with Crippen LogP contribution in [-0.2, 0) is 9.53 Å². The van der Waals surface area contributed by atoms with Gasteiger partial charge in [0.05, 0.1) is 13.2 Å². The molecule has 21 heavy (non-hydrogen) atoms.